The van der Waals surface area contributed by atoms with E-state index in [2.05, 4.69) is 71.3 Å². The van der Waals surface area contributed by atoms with Crippen LogP contribution in [0.25, 0.3) is 10.9 Å². The van der Waals surface area contributed by atoms with E-state index in [-0.39, 0.29) is 0 Å². The molecule has 0 aliphatic heterocycles. The quantitative estimate of drug-likeness (QED) is 0.760. The minimum absolute atomic E-state index is 0.361. The van der Waals surface area contributed by atoms with Gasteiger partial charge in [0.05, 0.1) is 11.7 Å². The number of aromatic nitrogens is 2. The van der Waals surface area contributed by atoms with E-state index in [9.17, 15) is 0 Å². The Morgan fingerprint density at radius 1 is 1.31 bits per heavy atom. The fourth-order valence-electron chi connectivity index (χ4n) is 1.66. The average molecular weight is 328 g/mol. The number of aryl methyl sites for hydroxylation is 1. The van der Waals surface area contributed by atoms with E-state index in [0.717, 1.165) is 13.0 Å². The Bertz CT molecular complexity index is 494. The fourth-order valence-corrected chi connectivity index (χ4v) is 2.14. The lowest BCUT2D eigenvalue weighted by molar-refractivity contribution is 0.344. The molecule has 0 spiro atoms. The van der Waals surface area contributed by atoms with Crippen molar-refractivity contribution in [3.63, 3.8) is 0 Å². The van der Waals surface area contributed by atoms with Gasteiger partial charge in [-0.1, -0.05) is 26.8 Å². The fraction of sp³-hybridized carbons (Fsp3) is 0.462. The molecule has 0 aliphatic rings. The summed E-state index contributed by atoms with van der Waals surface area (Å²) in [7, 11) is 0. The van der Waals surface area contributed by atoms with Crippen molar-refractivity contribution < 1.29 is 0 Å². The van der Waals surface area contributed by atoms with Crippen LogP contribution in [0.15, 0.2) is 24.4 Å². The van der Waals surface area contributed by atoms with Gasteiger partial charge in [0, 0.05) is 15.5 Å². The number of rotatable bonds is 2. The monoisotopic (exact) mass is 328 g/mol. The topological polar surface area (TPSA) is 17.8 Å². The molecule has 86 valence electrons. The predicted molar refractivity (Wildman–Crippen MR) is 76.5 cm³/mol. The molecule has 0 bridgehead atoms. The second kappa shape index (κ2) is 4.35. The molecule has 2 rings (SSSR count). The maximum Gasteiger partial charge on any atom is 0.0692 e. The third kappa shape index (κ3) is 2.75. The van der Waals surface area contributed by atoms with Crippen LogP contribution < -0.4 is 0 Å². The summed E-state index contributed by atoms with van der Waals surface area (Å²) in [5.41, 5.74) is 1.61. The molecule has 0 unspecified atom stereocenters. The van der Waals surface area contributed by atoms with Gasteiger partial charge in [-0.2, -0.15) is 5.10 Å². The SMILES string of the molecule is CC(C)(C)CCn1ncc2ccc(I)cc21. The number of hydrogen-bond acceptors (Lipinski definition) is 1. The van der Waals surface area contributed by atoms with Crippen molar-refractivity contribution in [1.82, 2.24) is 9.78 Å². The standard InChI is InChI=1S/C13H17IN2/c1-13(2,3)6-7-16-12-8-11(14)5-4-10(12)9-15-16/h4-5,8-9H,6-7H2,1-3H3. The van der Waals surface area contributed by atoms with Crippen LogP contribution in [0.2, 0.25) is 0 Å². The molecule has 0 aliphatic carbocycles. The van der Waals surface area contributed by atoms with E-state index in [0.29, 0.717) is 5.41 Å². The first-order valence-electron chi connectivity index (χ1n) is 5.57. The first-order valence-corrected chi connectivity index (χ1v) is 6.65. The Labute approximate surface area is 110 Å². The summed E-state index contributed by atoms with van der Waals surface area (Å²) in [4.78, 5) is 0. The maximum atomic E-state index is 4.45. The summed E-state index contributed by atoms with van der Waals surface area (Å²) in [6, 6.07) is 6.46. The largest absolute Gasteiger partial charge is 0.265 e. The van der Waals surface area contributed by atoms with Crippen molar-refractivity contribution in [3.8, 4) is 0 Å². The summed E-state index contributed by atoms with van der Waals surface area (Å²) in [5, 5.41) is 5.68. The molecule has 1 aromatic carbocycles. The second-order valence-corrected chi connectivity index (χ2v) is 6.63. The van der Waals surface area contributed by atoms with Crippen LogP contribution in [-0.4, -0.2) is 9.78 Å². The summed E-state index contributed by atoms with van der Waals surface area (Å²) in [6.07, 6.45) is 3.10. The Balaban J connectivity index is 2.28. The molecule has 16 heavy (non-hydrogen) atoms. The number of benzene rings is 1. The van der Waals surface area contributed by atoms with Crippen LogP contribution in [0.3, 0.4) is 0 Å². The van der Waals surface area contributed by atoms with Gasteiger partial charge < -0.3 is 0 Å². The third-order valence-electron chi connectivity index (χ3n) is 2.68. The first kappa shape index (κ1) is 11.9. The summed E-state index contributed by atoms with van der Waals surface area (Å²) < 4.78 is 3.38. The summed E-state index contributed by atoms with van der Waals surface area (Å²) >= 11 is 2.35. The van der Waals surface area contributed by atoms with E-state index in [4.69, 9.17) is 0 Å². The molecular weight excluding hydrogens is 311 g/mol. The molecule has 3 heteroatoms. The normalized spacial score (nSPS) is 12.2. The zero-order valence-corrected chi connectivity index (χ0v) is 12.2. The van der Waals surface area contributed by atoms with Crippen LogP contribution in [0.5, 0.6) is 0 Å². The van der Waals surface area contributed by atoms with E-state index in [1.807, 2.05) is 6.20 Å². The van der Waals surface area contributed by atoms with Crippen LogP contribution in [0, 0.1) is 8.99 Å². The minimum Gasteiger partial charge on any atom is -0.265 e. The molecule has 0 N–H and O–H groups in total. The molecule has 0 atom stereocenters. The molecule has 2 aromatic rings. The van der Waals surface area contributed by atoms with E-state index >= 15 is 0 Å². The van der Waals surface area contributed by atoms with E-state index in [1.165, 1.54) is 14.5 Å². The van der Waals surface area contributed by atoms with Crippen molar-refractivity contribution in [3.05, 3.63) is 28.0 Å². The Morgan fingerprint density at radius 2 is 2.06 bits per heavy atom. The maximum absolute atomic E-state index is 4.45. The van der Waals surface area contributed by atoms with Gasteiger partial charge in [0.1, 0.15) is 0 Å². The van der Waals surface area contributed by atoms with Crippen LogP contribution in [0.4, 0.5) is 0 Å². The minimum atomic E-state index is 0.361. The molecule has 1 heterocycles. The number of fused-ring (bicyclic) bond motifs is 1. The molecule has 0 saturated heterocycles. The highest BCUT2D eigenvalue weighted by Crippen LogP contribution is 2.22. The zero-order valence-electron chi connectivity index (χ0n) is 10.00. The number of hydrogen-bond donors (Lipinski definition) is 0. The molecule has 2 nitrogen and oxygen atoms in total. The van der Waals surface area contributed by atoms with Crippen LogP contribution >= 0.6 is 22.6 Å². The summed E-state index contributed by atoms with van der Waals surface area (Å²) in [5.74, 6) is 0. The highest BCUT2D eigenvalue weighted by atomic mass is 127. The molecule has 0 amide bonds. The highest BCUT2D eigenvalue weighted by molar-refractivity contribution is 14.1. The number of nitrogens with zero attached hydrogens (tertiary/aromatic N) is 2. The van der Waals surface area contributed by atoms with Crippen LogP contribution in [-0.2, 0) is 6.54 Å². The van der Waals surface area contributed by atoms with Gasteiger partial charge >= 0.3 is 0 Å². The van der Waals surface area contributed by atoms with E-state index in [1.54, 1.807) is 0 Å². The number of halogens is 1. The lowest BCUT2D eigenvalue weighted by Crippen LogP contribution is -2.11. The molecule has 0 saturated carbocycles. The van der Waals surface area contributed by atoms with Crippen molar-refractivity contribution in [1.29, 1.82) is 0 Å². The first-order chi connectivity index (χ1) is 7.46. The van der Waals surface area contributed by atoms with Crippen molar-refractivity contribution in [2.75, 3.05) is 0 Å². The van der Waals surface area contributed by atoms with Crippen molar-refractivity contribution in [2.24, 2.45) is 5.41 Å². The molecule has 1 aromatic heterocycles. The highest BCUT2D eigenvalue weighted by Gasteiger charge is 2.11. The Hall–Kier alpha value is -0.580. The predicted octanol–water partition coefficient (Wildman–Crippen LogP) is 4.08. The molecule has 0 radical (unpaired) electrons. The van der Waals surface area contributed by atoms with E-state index < -0.39 is 0 Å². The third-order valence-corrected chi connectivity index (χ3v) is 3.35. The summed E-state index contributed by atoms with van der Waals surface area (Å²) in [6.45, 7) is 7.79. The van der Waals surface area contributed by atoms with Crippen LogP contribution in [0.1, 0.15) is 27.2 Å². The Kier molecular flexibility index (Phi) is 3.24. The van der Waals surface area contributed by atoms with Gasteiger partial charge in [-0.15, -0.1) is 0 Å². The average Bonchev–Trinajstić information content (AvgIpc) is 2.56. The lowest BCUT2D eigenvalue weighted by Gasteiger charge is -2.17. The lowest BCUT2D eigenvalue weighted by atomic mass is 9.92. The van der Waals surface area contributed by atoms with Gasteiger partial charge in [0.25, 0.3) is 0 Å². The molecular formula is C13H17IN2. The Morgan fingerprint density at radius 3 is 2.75 bits per heavy atom. The van der Waals surface area contributed by atoms with Crippen molar-refractivity contribution >= 4 is 33.5 Å². The van der Waals surface area contributed by atoms with Crippen molar-refractivity contribution in [2.45, 2.75) is 33.7 Å². The van der Waals surface area contributed by atoms with Gasteiger partial charge in [0.15, 0.2) is 0 Å². The smallest absolute Gasteiger partial charge is 0.0692 e. The zero-order chi connectivity index (χ0) is 11.8. The van der Waals surface area contributed by atoms with Gasteiger partial charge in [-0.05, 0) is 46.6 Å². The molecule has 0 fully saturated rings. The van der Waals surface area contributed by atoms with Gasteiger partial charge in [-0.3, -0.25) is 4.68 Å². The second-order valence-electron chi connectivity index (χ2n) is 5.38. The van der Waals surface area contributed by atoms with Gasteiger partial charge in [-0.25, -0.2) is 0 Å². The van der Waals surface area contributed by atoms with Gasteiger partial charge in [0.2, 0.25) is 0 Å².